The van der Waals surface area contributed by atoms with Gasteiger partial charge in [0.25, 0.3) is 0 Å². The number of aromatic carboxylic acids is 3. The topological polar surface area (TPSA) is 143 Å². The molecule has 0 amide bonds. The molecule has 0 radical (unpaired) electrons. The first kappa shape index (κ1) is 19.2. The Hall–Kier alpha value is -2.84. The number of rotatable bonds is 8. The van der Waals surface area contributed by atoms with Crippen LogP contribution in [0.2, 0.25) is 0 Å². The Morgan fingerprint density at radius 2 is 1.46 bits per heavy atom. The van der Waals surface area contributed by atoms with Gasteiger partial charge in [-0.2, -0.15) is 0 Å². The molecule has 1 aromatic rings. The summed E-state index contributed by atoms with van der Waals surface area (Å²) in [7, 11) is 0. The van der Waals surface area contributed by atoms with Crippen LogP contribution in [0.4, 0.5) is 0 Å². The molecule has 0 saturated heterocycles. The normalized spacial score (nSPS) is 10.7. The molecule has 9 heteroatoms. The second kappa shape index (κ2) is 7.62. The number of carboxylic acid groups (broad SMARTS) is 3. The number of hydrogen-bond acceptors (Lipinski definition) is 5. The summed E-state index contributed by atoms with van der Waals surface area (Å²) in [5.41, 5.74) is -3.16. The molecule has 1 aromatic heterocycles. The fraction of sp³-hybridized carbons (Fsp3) is 0.467. The van der Waals surface area contributed by atoms with Crippen molar-refractivity contribution in [2.45, 2.75) is 33.7 Å². The van der Waals surface area contributed by atoms with Crippen molar-refractivity contribution in [3.05, 3.63) is 22.5 Å². The lowest BCUT2D eigenvalue weighted by molar-refractivity contribution is 0.0465. The molecule has 0 aromatic carbocycles. The van der Waals surface area contributed by atoms with Crippen LogP contribution in [0.25, 0.3) is 0 Å². The van der Waals surface area contributed by atoms with Crippen molar-refractivity contribution in [2.24, 2.45) is 5.92 Å². The zero-order chi connectivity index (χ0) is 18.6. The lowest BCUT2D eigenvalue weighted by Gasteiger charge is -2.10. The number of esters is 1. The lowest BCUT2D eigenvalue weighted by Crippen LogP contribution is -2.18. The Morgan fingerprint density at radius 1 is 0.958 bits per heavy atom. The largest absolute Gasteiger partial charge is 0.478 e. The highest BCUT2D eigenvalue weighted by atomic mass is 16.5. The molecule has 0 aliphatic carbocycles. The van der Waals surface area contributed by atoms with Gasteiger partial charge in [0.15, 0.2) is 0 Å². The predicted octanol–water partition coefficient (Wildman–Crippen LogP) is 1.81. The minimum absolute atomic E-state index is 0.00919. The van der Waals surface area contributed by atoms with E-state index in [9.17, 15) is 34.5 Å². The van der Waals surface area contributed by atoms with Gasteiger partial charge < -0.3 is 24.6 Å². The quantitative estimate of drug-likeness (QED) is 0.607. The van der Waals surface area contributed by atoms with Gasteiger partial charge in [-0.05, 0) is 19.3 Å². The van der Waals surface area contributed by atoms with Crippen LogP contribution < -0.4 is 0 Å². The molecule has 0 aliphatic rings. The molecule has 132 valence electrons. The highest BCUT2D eigenvalue weighted by Gasteiger charge is 2.37. The standard InChI is InChI=1S/C15H19NO8/c1-4-16-10(14(21)22)8(12(17)18)9(13(19)20)11(16)15(23)24-6-5-7(2)3/h7H,4-6H2,1-3H3,(H,17,18)(H,19,20)(H,21,22). The van der Waals surface area contributed by atoms with Crippen molar-refractivity contribution in [2.75, 3.05) is 6.61 Å². The molecule has 3 N–H and O–H groups in total. The number of carbonyl (C=O) groups is 4. The van der Waals surface area contributed by atoms with Gasteiger partial charge in [0, 0.05) is 6.54 Å². The number of hydrogen-bond donors (Lipinski definition) is 3. The van der Waals surface area contributed by atoms with Crippen molar-refractivity contribution in [1.29, 1.82) is 0 Å². The van der Waals surface area contributed by atoms with E-state index >= 15 is 0 Å². The second-order valence-electron chi connectivity index (χ2n) is 5.43. The van der Waals surface area contributed by atoms with Crippen LogP contribution in [0.15, 0.2) is 0 Å². The highest BCUT2D eigenvalue weighted by Crippen LogP contribution is 2.25. The molecular formula is C15H19NO8. The SMILES string of the molecule is CCn1c(C(=O)O)c(C(=O)O)c(C(=O)O)c1C(=O)OCCC(C)C. The molecule has 0 fully saturated rings. The Bertz CT molecular complexity index is 686. The van der Waals surface area contributed by atoms with Gasteiger partial charge in [-0.1, -0.05) is 13.8 Å². The number of aromatic nitrogens is 1. The Morgan fingerprint density at radius 3 is 1.83 bits per heavy atom. The zero-order valence-corrected chi connectivity index (χ0v) is 13.5. The van der Waals surface area contributed by atoms with Gasteiger partial charge in [-0.25, -0.2) is 19.2 Å². The van der Waals surface area contributed by atoms with Gasteiger partial charge in [-0.15, -0.1) is 0 Å². The third-order valence-corrected chi connectivity index (χ3v) is 3.33. The molecule has 0 saturated carbocycles. The number of ether oxygens (including phenoxy) is 1. The van der Waals surface area contributed by atoms with E-state index in [1.54, 1.807) is 0 Å². The van der Waals surface area contributed by atoms with E-state index in [4.69, 9.17) is 4.74 Å². The van der Waals surface area contributed by atoms with E-state index < -0.39 is 46.4 Å². The maximum atomic E-state index is 12.2. The summed E-state index contributed by atoms with van der Waals surface area (Å²) >= 11 is 0. The average molecular weight is 341 g/mol. The van der Waals surface area contributed by atoms with E-state index in [-0.39, 0.29) is 19.1 Å². The Labute approximate surface area is 137 Å². The van der Waals surface area contributed by atoms with E-state index in [0.29, 0.717) is 6.42 Å². The average Bonchev–Trinajstić information content (AvgIpc) is 2.82. The van der Waals surface area contributed by atoms with Crippen molar-refractivity contribution < 1.29 is 39.2 Å². The summed E-state index contributed by atoms with van der Waals surface area (Å²) in [6, 6.07) is 0. The number of nitrogens with zero attached hydrogens (tertiary/aromatic N) is 1. The molecule has 1 heterocycles. The third kappa shape index (κ3) is 3.73. The van der Waals surface area contributed by atoms with Crippen LogP contribution in [-0.4, -0.2) is 50.4 Å². The van der Waals surface area contributed by atoms with Crippen molar-refractivity contribution in [3.63, 3.8) is 0 Å². The van der Waals surface area contributed by atoms with Crippen LogP contribution in [-0.2, 0) is 11.3 Å². The molecule has 0 atom stereocenters. The van der Waals surface area contributed by atoms with Crippen molar-refractivity contribution in [1.82, 2.24) is 4.57 Å². The maximum Gasteiger partial charge on any atom is 0.355 e. The van der Waals surface area contributed by atoms with E-state index in [2.05, 4.69) is 0 Å². The van der Waals surface area contributed by atoms with E-state index in [0.717, 1.165) is 4.57 Å². The molecule has 0 aliphatic heterocycles. The summed E-state index contributed by atoms with van der Waals surface area (Å²) in [5.74, 6) is -5.92. The predicted molar refractivity (Wildman–Crippen MR) is 80.7 cm³/mol. The molecular weight excluding hydrogens is 322 g/mol. The van der Waals surface area contributed by atoms with Crippen LogP contribution in [0.3, 0.4) is 0 Å². The summed E-state index contributed by atoms with van der Waals surface area (Å²) in [6.45, 7) is 5.17. The Balaban J connectivity index is 3.54. The monoisotopic (exact) mass is 341 g/mol. The van der Waals surface area contributed by atoms with Crippen LogP contribution in [0.1, 0.15) is 68.9 Å². The number of carboxylic acids is 3. The van der Waals surface area contributed by atoms with E-state index in [1.807, 2.05) is 13.8 Å². The zero-order valence-electron chi connectivity index (χ0n) is 13.5. The molecule has 24 heavy (non-hydrogen) atoms. The first-order valence-electron chi connectivity index (χ1n) is 7.26. The minimum Gasteiger partial charge on any atom is -0.478 e. The second-order valence-corrected chi connectivity index (χ2v) is 5.43. The summed E-state index contributed by atoms with van der Waals surface area (Å²) in [6.07, 6.45) is 0.526. The lowest BCUT2D eigenvalue weighted by atomic mass is 10.1. The third-order valence-electron chi connectivity index (χ3n) is 3.33. The van der Waals surface area contributed by atoms with Crippen LogP contribution >= 0.6 is 0 Å². The van der Waals surface area contributed by atoms with Gasteiger partial charge in [0.1, 0.15) is 22.5 Å². The van der Waals surface area contributed by atoms with Crippen LogP contribution in [0, 0.1) is 5.92 Å². The summed E-state index contributed by atoms with van der Waals surface area (Å²) in [4.78, 5) is 46.5. The van der Waals surface area contributed by atoms with Gasteiger partial charge >= 0.3 is 23.9 Å². The molecule has 1 rings (SSSR count). The molecule has 0 bridgehead atoms. The minimum atomic E-state index is -1.74. The fourth-order valence-corrected chi connectivity index (χ4v) is 2.24. The highest BCUT2D eigenvalue weighted by molar-refractivity contribution is 6.14. The summed E-state index contributed by atoms with van der Waals surface area (Å²) < 4.78 is 5.83. The van der Waals surface area contributed by atoms with Crippen molar-refractivity contribution >= 4 is 23.9 Å². The smallest absolute Gasteiger partial charge is 0.355 e. The molecule has 9 nitrogen and oxygen atoms in total. The van der Waals surface area contributed by atoms with E-state index in [1.165, 1.54) is 6.92 Å². The van der Waals surface area contributed by atoms with Gasteiger partial charge in [0.05, 0.1) is 6.61 Å². The molecule has 0 unspecified atom stereocenters. The Kier molecular flexibility index (Phi) is 6.10. The fourth-order valence-electron chi connectivity index (χ4n) is 2.24. The number of carbonyl (C=O) groups excluding carboxylic acids is 1. The van der Waals surface area contributed by atoms with Crippen LogP contribution in [0.5, 0.6) is 0 Å². The summed E-state index contributed by atoms with van der Waals surface area (Å²) in [5, 5.41) is 27.8. The molecule has 0 spiro atoms. The van der Waals surface area contributed by atoms with Gasteiger partial charge in [0.2, 0.25) is 0 Å². The first-order chi connectivity index (χ1) is 11.1. The van der Waals surface area contributed by atoms with Crippen molar-refractivity contribution in [3.8, 4) is 0 Å². The maximum absolute atomic E-state index is 12.2. The van der Waals surface area contributed by atoms with Gasteiger partial charge in [-0.3, -0.25) is 0 Å². The first-order valence-corrected chi connectivity index (χ1v) is 7.26.